The normalized spacial score (nSPS) is 18.6. The Morgan fingerprint density at radius 1 is 0.451 bits per heavy atom. The maximum atomic E-state index is 7.66. The van der Waals surface area contributed by atoms with Gasteiger partial charge in [0.2, 0.25) is 5.88 Å². The number of hydrogen-bond acceptors (Lipinski definition) is 4. The van der Waals surface area contributed by atoms with Crippen molar-refractivity contribution in [1.82, 2.24) is 0 Å². The van der Waals surface area contributed by atoms with Crippen molar-refractivity contribution >= 4 is 90.3 Å². The minimum atomic E-state index is -0.172. The van der Waals surface area contributed by atoms with Crippen LogP contribution >= 0.6 is 0 Å². The molecule has 2 aliphatic carbocycles. The summed E-state index contributed by atoms with van der Waals surface area (Å²) in [5.41, 5.74) is 22.1. The van der Waals surface area contributed by atoms with Crippen LogP contribution in [0.2, 0.25) is 0 Å². The first-order valence-electron chi connectivity index (χ1n) is 26.7. The molecule has 0 bridgehead atoms. The average molecular weight is 939 g/mol. The van der Waals surface area contributed by atoms with Crippen LogP contribution in [0.1, 0.15) is 182 Å². The fourth-order valence-corrected chi connectivity index (χ4v) is 13.3. The Labute approximate surface area is 424 Å². The second kappa shape index (κ2) is 14.5. The van der Waals surface area contributed by atoms with Gasteiger partial charge in [0, 0.05) is 44.5 Å². The molecule has 364 valence electrons. The number of para-hydroxylation sites is 1. The first kappa shape index (κ1) is 46.4. The SMILES string of the molecule is CC(C)(C)c1ccc2c(c1)B1c3c(cc(C(C)(C)C)cc3N2c2ccc(C(C)(C)C)c3oc4ccccc4c23)N(c2ccc3c(c2)C(C)(C)CCC3(C)C)c2oc3cc4c(cc3c21)C(C)(C)CCC4(C)C. The number of fused-ring (bicyclic) bond motifs is 11. The first-order chi connectivity index (χ1) is 33.1. The van der Waals surface area contributed by atoms with Gasteiger partial charge >= 0.3 is 0 Å². The van der Waals surface area contributed by atoms with E-state index in [0.717, 1.165) is 64.0 Å². The zero-order chi connectivity index (χ0) is 50.5. The van der Waals surface area contributed by atoms with Gasteiger partial charge < -0.3 is 13.7 Å². The van der Waals surface area contributed by atoms with Crippen molar-refractivity contribution < 1.29 is 8.83 Å². The van der Waals surface area contributed by atoms with Crippen LogP contribution < -0.4 is 26.2 Å². The van der Waals surface area contributed by atoms with E-state index in [-0.39, 0.29) is 44.6 Å². The molecule has 71 heavy (non-hydrogen) atoms. The summed E-state index contributed by atoms with van der Waals surface area (Å²) >= 11 is 0. The molecule has 0 saturated carbocycles. The Bertz CT molecular complexity index is 3570. The Morgan fingerprint density at radius 3 is 1.66 bits per heavy atom. The van der Waals surface area contributed by atoms with Gasteiger partial charge in [-0.05, 0) is 162 Å². The van der Waals surface area contributed by atoms with Gasteiger partial charge in [0.25, 0.3) is 6.71 Å². The number of rotatable bonds is 2. The molecule has 4 heterocycles. The Balaban J connectivity index is 1.26. The monoisotopic (exact) mass is 939 g/mol. The van der Waals surface area contributed by atoms with E-state index in [0.29, 0.717) is 0 Å². The van der Waals surface area contributed by atoms with Crippen LogP contribution in [-0.2, 0) is 37.9 Å². The van der Waals surface area contributed by atoms with E-state index >= 15 is 0 Å². The minimum Gasteiger partial charge on any atom is -0.456 e. The average Bonchev–Trinajstić information content (AvgIpc) is 3.86. The molecule has 2 aromatic heterocycles. The molecular weight excluding hydrogens is 864 g/mol. The molecule has 12 rings (SSSR count). The number of nitrogens with zero attached hydrogens (tertiary/aromatic N) is 2. The molecule has 0 fully saturated rings. The topological polar surface area (TPSA) is 32.8 Å². The lowest BCUT2D eigenvalue weighted by Gasteiger charge is -2.45. The molecule has 0 radical (unpaired) electrons. The fraction of sp³-hybridized carbons (Fsp3) is 0.424. The summed E-state index contributed by atoms with van der Waals surface area (Å²) in [5, 5.41) is 3.53. The third kappa shape index (κ3) is 6.76. The van der Waals surface area contributed by atoms with E-state index in [4.69, 9.17) is 8.83 Å². The molecule has 0 amide bonds. The van der Waals surface area contributed by atoms with Crippen LogP contribution in [0.5, 0.6) is 0 Å². The van der Waals surface area contributed by atoms with Gasteiger partial charge in [-0.3, -0.25) is 4.90 Å². The summed E-state index contributed by atoms with van der Waals surface area (Å²) in [5.74, 6) is 0.943. The summed E-state index contributed by atoms with van der Waals surface area (Å²) in [6.07, 6.45) is 4.61. The van der Waals surface area contributed by atoms with Crippen LogP contribution in [-0.4, -0.2) is 6.71 Å². The predicted molar refractivity (Wildman–Crippen MR) is 304 cm³/mol. The Kier molecular flexibility index (Phi) is 9.48. The van der Waals surface area contributed by atoms with Crippen LogP contribution in [0.4, 0.5) is 34.3 Å². The molecular formula is C66H75BN2O2. The van der Waals surface area contributed by atoms with E-state index in [1.165, 1.54) is 84.2 Å². The van der Waals surface area contributed by atoms with Crippen molar-refractivity contribution in [3.63, 3.8) is 0 Å². The molecule has 8 aromatic rings. The van der Waals surface area contributed by atoms with Crippen LogP contribution in [0, 0.1) is 0 Å². The van der Waals surface area contributed by atoms with Gasteiger partial charge in [0.1, 0.15) is 16.7 Å². The van der Waals surface area contributed by atoms with E-state index < -0.39 is 0 Å². The van der Waals surface area contributed by atoms with Crippen LogP contribution in [0.25, 0.3) is 32.9 Å². The summed E-state index contributed by atoms with van der Waals surface area (Å²) in [6, 6.07) is 38.3. The van der Waals surface area contributed by atoms with Crippen molar-refractivity contribution in [3.05, 3.63) is 136 Å². The van der Waals surface area contributed by atoms with Crippen molar-refractivity contribution in [2.75, 3.05) is 9.80 Å². The predicted octanol–water partition coefficient (Wildman–Crippen LogP) is 17.0. The summed E-state index contributed by atoms with van der Waals surface area (Å²) in [4.78, 5) is 5.18. The van der Waals surface area contributed by atoms with Crippen molar-refractivity contribution in [1.29, 1.82) is 0 Å². The third-order valence-electron chi connectivity index (χ3n) is 18.0. The smallest absolute Gasteiger partial charge is 0.257 e. The molecule has 0 atom stereocenters. The van der Waals surface area contributed by atoms with Crippen molar-refractivity contribution in [2.45, 2.75) is 181 Å². The van der Waals surface area contributed by atoms with Crippen molar-refractivity contribution in [2.24, 2.45) is 0 Å². The second-order valence-electron chi connectivity index (χ2n) is 28.0. The summed E-state index contributed by atoms with van der Waals surface area (Å²) in [7, 11) is 0. The standard InChI is InChI=1S/C66H75BN2O2/c1-60(2,3)38-22-26-49-48(32-38)67-56-42-36-46-47(66(16,17)31-30-65(46,14)15)37-54(42)71-59(56)68(40-23-24-43-45(35-40)64(12,13)29-28-63(43,10)11)51-33-39(61(4,5)6)34-52(57(51)67)69(49)50-27-25-44(62(7,8)9)58-55(50)41-20-18-19-21-53(41)70-58/h18-27,32-37H,28-31H2,1-17H3. The quantitative estimate of drug-likeness (QED) is 0.162. The van der Waals surface area contributed by atoms with E-state index in [1.54, 1.807) is 0 Å². The number of benzene rings is 6. The molecule has 0 spiro atoms. The van der Waals surface area contributed by atoms with Gasteiger partial charge in [0.15, 0.2) is 0 Å². The van der Waals surface area contributed by atoms with Gasteiger partial charge in [-0.15, -0.1) is 0 Å². The highest BCUT2D eigenvalue weighted by Crippen LogP contribution is 2.54. The molecule has 5 heteroatoms. The van der Waals surface area contributed by atoms with Gasteiger partial charge in [-0.1, -0.05) is 160 Å². The molecule has 0 saturated heterocycles. The zero-order valence-electron chi connectivity index (χ0n) is 45.9. The summed E-state index contributed by atoms with van der Waals surface area (Å²) in [6.45, 7) is 40.5. The number of hydrogen-bond donors (Lipinski definition) is 0. The molecule has 0 N–H and O–H groups in total. The Morgan fingerprint density at radius 2 is 1.03 bits per heavy atom. The summed E-state index contributed by atoms with van der Waals surface area (Å²) < 4.78 is 14.7. The first-order valence-corrected chi connectivity index (χ1v) is 26.7. The highest BCUT2D eigenvalue weighted by atomic mass is 16.4. The maximum absolute atomic E-state index is 7.66. The van der Waals surface area contributed by atoms with E-state index in [9.17, 15) is 0 Å². The maximum Gasteiger partial charge on any atom is 0.257 e. The van der Waals surface area contributed by atoms with E-state index in [2.05, 4.69) is 225 Å². The highest BCUT2D eigenvalue weighted by Gasteiger charge is 2.49. The third-order valence-corrected chi connectivity index (χ3v) is 18.0. The van der Waals surface area contributed by atoms with E-state index in [1.807, 2.05) is 0 Å². The lowest BCUT2D eigenvalue weighted by atomic mass is 9.33. The zero-order valence-corrected chi connectivity index (χ0v) is 45.9. The molecule has 6 aromatic carbocycles. The fourth-order valence-electron chi connectivity index (χ4n) is 13.3. The second-order valence-corrected chi connectivity index (χ2v) is 28.0. The highest BCUT2D eigenvalue weighted by molar-refractivity contribution is 7.01. The lowest BCUT2D eigenvalue weighted by Crippen LogP contribution is -2.61. The van der Waals surface area contributed by atoms with Gasteiger partial charge in [-0.25, -0.2) is 0 Å². The number of anilines is 6. The molecule has 4 nitrogen and oxygen atoms in total. The van der Waals surface area contributed by atoms with Crippen LogP contribution in [0.15, 0.2) is 106 Å². The molecule has 2 aliphatic heterocycles. The number of furan rings is 2. The minimum absolute atomic E-state index is 0.0237. The van der Waals surface area contributed by atoms with Gasteiger partial charge in [0.05, 0.1) is 11.1 Å². The van der Waals surface area contributed by atoms with Crippen molar-refractivity contribution in [3.8, 4) is 0 Å². The molecule has 4 aliphatic rings. The molecule has 0 unspecified atom stereocenters. The van der Waals surface area contributed by atoms with Gasteiger partial charge in [-0.2, -0.15) is 0 Å². The van der Waals surface area contributed by atoms with Crippen LogP contribution in [0.3, 0.4) is 0 Å². The lowest BCUT2D eigenvalue weighted by molar-refractivity contribution is 0.332. The largest absolute Gasteiger partial charge is 0.456 e. The Hall–Kier alpha value is -5.68.